The van der Waals surface area contributed by atoms with Gasteiger partial charge in [-0.2, -0.15) is 0 Å². The van der Waals surface area contributed by atoms with Crippen LogP contribution in [0.25, 0.3) is 0 Å². The lowest BCUT2D eigenvalue weighted by atomic mass is 10.1. The van der Waals surface area contributed by atoms with Gasteiger partial charge in [0.15, 0.2) is 0 Å². The molecule has 0 radical (unpaired) electrons. The molecule has 0 aliphatic carbocycles. The van der Waals surface area contributed by atoms with E-state index in [0.29, 0.717) is 6.42 Å². The SMILES string of the molecule is CCN1CCN(C(=O)Cc2cc(C)n(C)c2C)CC1. The van der Waals surface area contributed by atoms with Crippen LogP contribution < -0.4 is 0 Å². The van der Waals surface area contributed by atoms with Crippen LogP contribution >= 0.6 is 0 Å². The second-order valence-corrected chi connectivity index (χ2v) is 5.45. The molecule has 4 heteroatoms. The first-order valence-electron chi connectivity index (χ1n) is 7.14. The monoisotopic (exact) mass is 263 g/mol. The van der Waals surface area contributed by atoms with E-state index < -0.39 is 0 Å². The van der Waals surface area contributed by atoms with Gasteiger partial charge in [-0.3, -0.25) is 4.79 Å². The van der Waals surface area contributed by atoms with Gasteiger partial charge in [-0.25, -0.2) is 0 Å². The molecule has 0 aromatic carbocycles. The highest BCUT2D eigenvalue weighted by Crippen LogP contribution is 2.15. The highest BCUT2D eigenvalue weighted by Gasteiger charge is 2.21. The number of likely N-dealkylation sites (N-methyl/N-ethyl adjacent to an activating group) is 1. The molecule has 0 N–H and O–H groups in total. The summed E-state index contributed by atoms with van der Waals surface area (Å²) in [4.78, 5) is 16.7. The summed E-state index contributed by atoms with van der Waals surface area (Å²) in [5, 5.41) is 0. The summed E-state index contributed by atoms with van der Waals surface area (Å²) in [7, 11) is 2.05. The number of aromatic nitrogens is 1. The number of nitrogens with zero attached hydrogens (tertiary/aromatic N) is 3. The summed E-state index contributed by atoms with van der Waals surface area (Å²) in [5.41, 5.74) is 3.59. The van der Waals surface area contributed by atoms with Crippen molar-refractivity contribution in [3.63, 3.8) is 0 Å². The zero-order valence-electron chi connectivity index (χ0n) is 12.6. The zero-order valence-corrected chi connectivity index (χ0v) is 12.6. The van der Waals surface area contributed by atoms with Gasteiger partial charge in [-0.05, 0) is 32.0 Å². The predicted molar refractivity (Wildman–Crippen MR) is 77.3 cm³/mol. The van der Waals surface area contributed by atoms with Crippen LogP contribution in [0.5, 0.6) is 0 Å². The normalized spacial score (nSPS) is 16.9. The van der Waals surface area contributed by atoms with Crippen molar-refractivity contribution >= 4 is 5.91 Å². The molecule has 2 heterocycles. The quantitative estimate of drug-likeness (QED) is 0.823. The number of hydrogen-bond donors (Lipinski definition) is 0. The van der Waals surface area contributed by atoms with Crippen LogP contribution in [0, 0.1) is 13.8 Å². The van der Waals surface area contributed by atoms with Crippen LogP contribution in [0.15, 0.2) is 6.07 Å². The van der Waals surface area contributed by atoms with E-state index in [9.17, 15) is 4.79 Å². The molecule has 1 aliphatic heterocycles. The number of aryl methyl sites for hydroxylation is 1. The summed E-state index contributed by atoms with van der Waals surface area (Å²) in [5.74, 6) is 0.268. The number of piperazine rings is 1. The highest BCUT2D eigenvalue weighted by atomic mass is 16.2. The average molecular weight is 263 g/mol. The molecular weight excluding hydrogens is 238 g/mol. The number of carbonyl (C=O) groups excluding carboxylic acids is 1. The van der Waals surface area contributed by atoms with Crippen molar-refractivity contribution in [3.8, 4) is 0 Å². The fourth-order valence-corrected chi connectivity index (χ4v) is 2.70. The van der Waals surface area contributed by atoms with Crippen LogP contribution in [-0.4, -0.2) is 53.0 Å². The van der Waals surface area contributed by atoms with Gasteiger partial charge >= 0.3 is 0 Å². The lowest BCUT2D eigenvalue weighted by Crippen LogP contribution is -2.48. The first-order chi connectivity index (χ1) is 9.02. The molecule has 0 bridgehead atoms. The van der Waals surface area contributed by atoms with Gasteiger partial charge in [0, 0.05) is 44.6 Å². The zero-order chi connectivity index (χ0) is 14.0. The van der Waals surface area contributed by atoms with E-state index in [-0.39, 0.29) is 5.91 Å². The van der Waals surface area contributed by atoms with E-state index in [1.165, 1.54) is 17.0 Å². The van der Waals surface area contributed by atoms with E-state index >= 15 is 0 Å². The summed E-state index contributed by atoms with van der Waals surface area (Å²) >= 11 is 0. The second kappa shape index (κ2) is 5.78. The largest absolute Gasteiger partial charge is 0.352 e. The van der Waals surface area contributed by atoms with Gasteiger partial charge in [0.1, 0.15) is 0 Å². The van der Waals surface area contributed by atoms with Gasteiger partial charge < -0.3 is 14.4 Å². The first kappa shape index (κ1) is 14.1. The van der Waals surface area contributed by atoms with Crippen molar-refractivity contribution in [1.82, 2.24) is 14.4 Å². The third-order valence-corrected chi connectivity index (χ3v) is 4.39. The van der Waals surface area contributed by atoms with Crippen molar-refractivity contribution < 1.29 is 4.79 Å². The molecule has 1 aliphatic rings. The van der Waals surface area contributed by atoms with E-state index in [2.05, 4.69) is 43.4 Å². The number of carbonyl (C=O) groups is 1. The highest BCUT2D eigenvalue weighted by molar-refractivity contribution is 5.79. The Hall–Kier alpha value is -1.29. The maximum Gasteiger partial charge on any atom is 0.227 e. The molecule has 1 aromatic rings. The van der Waals surface area contributed by atoms with E-state index in [4.69, 9.17) is 0 Å². The minimum atomic E-state index is 0.268. The molecule has 0 unspecified atom stereocenters. The van der Waals surface area contributed by atoms with Crippen LogP contribution in [0.4, 0.5) is 0 Å². The Kier molecular flexibility index (Phi) is 4.30. The molecule has 106 valence electrons. The van der Waals surface area contributed by atoms with Gasteiger partial charge in [0.2, 0.25) is 5.91 Å². The van der Waals surface area contributed by atoms with E-state index in [0.717, 1.165) is 32.7 Å². The maximum atomic E-state index is 12.3. The summed E-state index contributed by atoms with van der Waals surface area (Å²) in [6.45, 7) is 11.2. The third-order valence-electron chi connectivity index (χ3n) is 4.39. The van der Waals surface area contributed by atoms with E-state index in [1.54, 1.807) is 0 Å². The van der Waals surface area contributed by atoms with Crippen molar-refractivity contribution in [2.75, 3.05) is 32.7 Å². The minimum absolute atomic E-state index is 0.268. The molecule has 19 heavy (non-hydrogen) atoms. The molecule has 2 rings (SSSR count). The molecule has 0 spiro atoms. The predicted octanol–water partition coefficient (Wildman–Crippen LogP) is 1.35. The Morgan fingerprint density at radius 2 is 1.84 bits per heavy atom. The average Bonchev–Trinajstić information content (AvgIpc) is 2.66. The Morgan fingerprint density at radius 3 is 2.32 bits per heavy atom. The molecule has 0 atom stereocenters. The van der Waals surface area contributed by atoms with Gasteiger partial charge in [-0.1, -0.05) is 6.92 Å². The standard InChI is InChI=1S/C15H25N3O/c1-5-17-6-8-18(9-7-17)15(19)11-14-10-12(2)16(4)13(14)3/h10H,5-9,11H2,1-4H3. The second-order valence-electron chi connectivity index (χ2n) is 5.45. The van der Waals surface area contributed by atoms with E-state index in [1.807, 2.05) is 4.90 Å². The molecule has 1 fully saturated rings. The lowest BCUT2D eigenvalue weighted by Gasteiger charge is -2.34. The Labute approximate surface area is 116 Å². The molecule has 1 aromatic heterocycles. The summed E-state index contributed by atoms with van der Waals surface area (Å²) in [6.07, 6.45) is 0.541. The molecule has 1 amide bonds. The minimum Gasteiger partial charge on any atom is -0.352 e. The van der Waals surface area contributed by atoms with Gasteiger partial charge in [0.25, 0.3) is 0 Å². The van der Waals surface area contributed by atoms with Crippen molar-refractivity contribution in [1.29, 1.82) is 0 Å². The molecular formula is C15H25N3O. The molecule has 0 saturated carbocycles. The topological polar surface area (TPSA) is 28.5 Å². The maximum absolute atomic E-state index is 12.3. The smallest absolute Gasteiger partial charge is 0.227 e. The van der Waals surface area contributed by atoms with Crippen molar-refractivity contribution in [2.24, 2.45) is 7.05 Å². The summed E-state index contributed by atoms with van der Waals surface area (Å²) < 4.78 is 2.15. The van der Waals surface area contributed by atoms with Crippen LogP contribution in [-0.2, 0) is 18.3 Å². The Bertz CT molecular complexity index is 456. The van der Waals surface area contributed by atoms with Crippen LogP contribution in [0.1, 0.15) is 23.9 Å². The van der Waals surface area contributed by atoms with Crippen LogP contribution in [0.3, 0.4) is 0 Å². The number of rotatable bonds is 3. The first-order valence-corrected chi connectivity index (χ1v) is 7.14. The number of hydrogen-bond acceptors (Lipinski definition) is 2. The molecule has 4 nitrogen and oxygen atoms in total. The number of amides is 1. The van der Waals surface area contributed by atoms with Crippen LogP contribution in [0.2, 0.25) is 0 Å². The van der Waals surface area contributed by atoms with Crippen molar-refractivity contribution in [2.45, 2.75) is 27.2 Å². The lowest BCUT2D eigenvalue weighted by molar-refractivity contribution is -0.132. The fourth-order valence-electron chi connectivity index (χ4n) is 2.70. The van der Waals surface area contributed by atoms with Crippen molar-refractivity contribution in [3.05, 3.63) is 23.0 Å². The molecule has 1 saturated heterocycles. The fraction of sp³-hybridized carbons (Fsp3) is 0.667. The Morgan fingerprint density at radius 1 is 1.21 bits per heavy atom. The Balaban J connectivity index is 1.96. The van der Waals surface area contributed by atoms with Gasteiger partial charge in [0.05, 0.1) is 6.42 Å². The summed E-state index contributed by atoms with van der Waals surface area (Å²) in [6, 6.07) is 2.13. The van der Waals surface area contributed by atoms with Gasteiger partial charge in [-0.15, -0.1) is 0 Å². The third kappa shape index (κ3) is 3.00.